The van der Waals surface area contributed by atoms with Gasteiger partial charge in [-0.15, -0.1) is 0 Å². The summed E-state index contributed by atoms with van der Waals surface area (Å²) < 4.78 is 12.9. The summed E-state index contributed by atoms with van der Waals surface area (Å²) >= 11 is 0. The van der Waals surface area contributed by atoms with Crippen LogP contribution in [-0.4, -0.2) is 40.9 Å². The van der Waals surface area contributed by atoms with Crippen molar-refractivity contribution in [1.29, 1.82) is 0 Å². The summed E-state index contributed by atoms with van der Waals surface area (Å²) in [5.74, 6) is 1.20. The number of carbonyl (C=O) groups excluding carboxylic acids is 1. The van der Waals surface area contributed by atoms with Gasteiger partial charge >= 0.3 is 0 Å². The van der Waals surface area contributed by atoms with E-state index in [9.17, 15) is 4.79 Å². The zero-order chi connectivity index (χ0) is 22.1. The molecular formula is C23H27N5O3. The van der Waals surface area contributed by atoms with E-state index in [-0.39, 0.29) is 11.9 Å². The number of para-hydroxylation sites is 1. The molecule has 1 amide bonds. The molecule has 0 spiro atoms. The molecule has 0 saturated carbocycles. The van der Waals surface area contributed by atoms with Crippen molar-refractivity contribution < 1.29 is 14.3 Å². The third-order valence-electron chi connectivity index (χ3n) is 5.77. The molecule has 0 fully saturated rings. The Morgan fingerprint density at radius 3 is 2.68 bits per heavy atom. The Hall–Kier alpha value is -3.55. The van der Waals surface area contributed by atoms with Gasteiger partial charge in [0.1, 0.15) is 6.33 Å². The summed E-state index contributed by atoms with van der Waals surface area (Å²) in [5.41, 5.74) is 3.77. The van der Waals surface area contributed by atoms with E-state index >= 15 is 0 Å². The number of fused-ring (bicyclic) bond motifs is 1. The van der Waals surface area contributed by atoms with Crippen molar-refractivity contribution in [1.82, 2.24) is 14.8 Å². The molecule has 3 atom stereocenters. The summed E-state index contributed by atoms with van der Waals surface area (Å²) in [6.45, 7) is 6.00. The Bertz CT molecular complexity index is 1110. The smallest absolute Gasteiger partial charge is 0.232 e. The quantitative estimate of drug-likeness (QED) is 0.655. The van der Waals surface area contributed by atoms with E-state index in [4.69, 9.17) is 9.47 Å². The zero-order valence-corrected chi connectivity index (χ0v) is 18.3. The summed E-state index contributed by atoms with van der Waals surface area (Å²) in [6.07, 6.45) is 1.49. The first-order valence-electron chi connectivity index (χ1n) is 10.2. The lowest BCUT2D eigenvalue weighted by atomic mass is 9.84. The van der Waals surface area contributed by atoms with Gasteiger partial charge in [0.25, 0.3) is 0 Å². The molecule has 0 bridgehead atoms. The standard InChI is InChI=1S/C23H27N5O3/c1-13-9-10-17(14(2)11-13)27-22(29)19-15(3)26-23-24-12-25-28(23)20(19)16-7-6-8-18(30-4)21(16)31-5/h6-12,15,19-20H,1-5H3,(H,27,29)(H,24,25,26). The van der Waals surface area contributed by atoms with Crippen molar-refractivity contribution in [3.63, 3.8) is 0 Å². The van der Waals surface area contributed by atoms with Gasteiger partial charge in [-0.25, -0.2) is 4.68 Å². The summed E-state index contributed by atoms with van der Waals surface area (Å²) in [6, 6.07) is 11.0. The maximum absolute atomic E-state index is 13.6. The number of hydrogen-bond donors (Lipinski definition) is 2. The van der Waals surface area contributed by atoms with Crippen LogP contribution in [0, 0.1) is 19.8 Å². The van der Waals surface area contributed by atoms with Gasteiger partial charge in [0.15, 0.2) is 11.5 Å². The minimum absolute atomic E-state index is 0.108. The number of aromatic nitrogens is 3. The topological polar surface area (TPSA) is 90.3 Å². The molecule has 2 N–H and O–H groups in total. The molecule has 1 aliphatic heterocycles. The van der Waals surface area contributed by atoms with E-state index in [1.54, 1.807) is 18.9 Å². The fraction of sp³-hybridized carbons (Fsp3) is 0.348. The van der Waals surface area contributed by atoms with Crippen LogP contribution in [0.25, 0.3) is 0 Å². The molecule has 2 aromatic carbocycles. The van der Waals surface area contributed by atoms with Crippen LogP contribution in [0.5, 0.6) is 11.5 Å². The maximum atomic E-state index is 13.6. The van der Waals surface area contributed by atoms with Crippen molar-refractivity contribution in [2.24, 2.45) is 5.92 Å². The summed E-state index contributed by atoms with van der Waals surface area (Å²) in [7, 11) is 3.19. The number of hydrogen-bond acceptors (Lipinski definition) is 6. The van der Waals surface area contributed by atoms with Gasteiger partial charge in [-0.05, 0) is 38.5 Å². The molecule has 0 aliphatic carbocycles. The number of rotatable bonds is 5. The number of ether oxygens (including phenoxy) is 2. The Kier molecular flexibility index (Phi) is 5.54. The van der Waals surface area contributed by atoms with E-state index in [1.165, 1.54) is 6.33 Å². The van der Waals surface area contributed by atoms with Crippen molar-refractivity contribution in [2.75, 3.05) is 24.9 Å². The predicted molar refractivity (Wildman–Crippen MR) is 119 cm³/mol. The highest BCUT2D eigenvalue weighted by Gasteiger charge is 2.43. The fourth-order valence-corrected chi connectivity index (χ4v) is 4.29. The molecule has 162 valence electrons. The van der Waals surface area contributed by atoms with Crippen LogP contribution in [0.2, 0.25) is 0 Å². The van der Waals surface area contributed by atoms with Crippen molar-refractivity contribution in [2.45, 2.75) is 32.9 Å². The molecule has 0 radical (unpaired) electrons. The first-order chi connectivity index (χ1) is 14.9. The van der Waals surface area contributed by atoms with Gasteiger partial charge in [0.05, 0.1) is 26.2 Å². The highest BCUT2D eigenvalue weighted by atomic mass is 16.5. The van der Waals surface area contributed by atoms with Crippen molar-refractivity contribution in [3.05, 3.63) is 59.4 Å². The average Bonchev–Trinajstić information content (AvgIpc) is 3.21. The van der Waals surface area contributed by atoms with Crippen molar-refractivity contribution >= 4 is 17.5 Å². The highest BCUT2D eigenvalue weighted by molar-refractivity contribution is 5.95. The van der Waals surface area contributed by atoms with Crippen molar-refractivity contribution in [3.8, 4) is 11.5 Å². The number of nitrogens with zero attached hydrogens (tertiary/aromatic N) is 3. The molecule has 1 aromatic heterocycles. The first kappa shape index (κ1) is 20.7. The fourth-order valence-electron chi connectivity index (χ4n) is 4.29. The SMILES string of the molecule is COc1cccc(C2C(C(=O)Nc3ccc(C)cc3C)C(C)Nc3ncnn32)c1OC. The Morgan fingerprint density at radius 1 is 1.16 bits per heavy atom. The monoisotopic (exact) mass is 421 g/mol. The molecule has 3 unspecified atom stereocenters. The van der Waals surface area contributed by atoms with Gasteiger partial charge in [-0.3, -0.25) is 4.79 Å². The molecule has 8 nitrogen and oxygen atoms in total. The predicted octanol–water partition coefficient (Wildman–Crippen LogP) is 3.57. The van der Waals surface area contributed by atoms with Crippen LogP contribution in [0.15, 0.2) is 42.7 Å². The number of anilines is 2. The lowest BCUT2D eigenvalue weighted by Crippen LogP contribution is -2.46. The second-order valence-electron chi connectivity index (χ2n) is 7.82. The van der Waals surface area contributed by atoms with Crippen LogP contribution < -0.4 is 20.1 Å². The van der Waals surface area contributed by atoms with E-state index in [0.717, 1.165) is 22.4 Å². The second-order valence-corrected chi connectivity index (χ2v) is 7.82. The molecule has 3 aromatic rings. The van der Waals surface area contributed by atoms with E-state index in [0.29, 0.717) is 17.4 Å². The van der Waals surface area contributed by atoms with Crippen LogP contribution in [0.3, 0.4) is 0 Å². The van der Waals surface area contributed by atoms with Gasteiger partial charge in [-0.2, -0.15) is 10.1 Å². The third kappa shape index (κ3) is 3.69. The number of aryl methyl sites for hydroxylation is 2. The van der Waals surface area contributed by atoms with Gasteiger partial charge in [-0.1, -0.05) is 29.8 Å². The Balaban J connectivity index is 1.80. The van der Waals surface area contributed by atoms with Crippen LogP contribution in [0.1, 0.15) is 29.7 Å². The number of amides is 1. The van der Waals surface area contributed by atoms with Crippen LogP contribution in [-0.2, 0) is 4.79 Å². The third-order valence-corrected chi connectivity index (χ3v) is 5.77. The molecule has 4 rings (SSSR count). The number of carbonyl (C=O) groups is 1. The minimum Gasteiger partial charge on any atom is -0.493 e. The number of benzene rings is 2. The Labute approximate surface area is 181 Å². The second kappa shape index (κ2) is 8.29. The molecule has 0 saturated heterocycles. The normalized spacial score (nSPS) is 19.8. The van der Waals surface area contributed by atoms with Crippen LogP contribution in [0.4, 0.5) is 11.6 Å². The van der Waals surface area contributed by atoms with Gasteiger partial charge < -0.3 is 20.1 Å². The zero-order valence-electron chi connectivity index (χ0n) is 18.3. The lowest BCUT2D eigenvalue weighted by Gasteiger charge is -2.37. The minimum atomic E-state index is -0.476. The van der Waals surface area contributed by atoms with Crippen LogP contribution >= 0.6 is 0 Å². The van der Waals surface area contributed by atoms with Gasteiger partial charge in [0, 0.05) is 17.3 Å². The molecule has 1 aliphatic rings. The number of methoxy groups -OCH3 is 2. The number of nitrogens with one attached hydrogen (secondary N) is 2. The molecular weight excluding hydrogens is 394 g/mol. The molecule has 2 heterocycles. The average molecular weight is 422 g/mol. The van der Waals surface area contributed by atoms with E-state index in [2.05, 4.69) is 26.8 Å². The lowest BCUT2D eigenvalue weighted by molar-refractivity contribution is -0.121. The van der Waals surface area contributed by atoms with E-state index < -0.39 is 12.0 Å². The maximum Gasteiger partial charge on any atom is 0.232 e. The Morgan fingerprint density at radius 2 is 1.97 bits per heavy atom. The summed E-state index contributed by atoms with van der Waals surface area (Å²) in [4.78, 5) is 17.9. The largest absolute Gasteiger partial charge is 0.493 e. The summed E-state index contributed by atoms with van der Waals surface area (Å²) in [5, 5.41) is 10.8. The molecule has 8 heteroatoms. The highest BCUT2D eigenvalue weighted by Crippen LogP contribution is 2.43. The molecule has 31 heavy (non-hydrogen) atoms. The van der Waals surface area contributed by atoms with Gasteiger partial charge in [0.2, 0.25) is 11.9 Å². The van der Waals surface area contributed by atoms with E-state index in [1.807, 2.05) is 51.1 Å². The first-order valence-corrected chi connectivity index (χ1v) is 10.2.